The van der Waals surface area contributed by atoms with Crippen molar-refractivity contribution in [3.8, 4) is 0 Å². The minimum Gasteiger partial charge on any atom is -0.465 e. The zero-order chi connectivity index (χ0) is 14.9. The average Bonchev–Trinajstić information content (AvgIpc) is 3.22. The normalized spacial score (nSPS) is 15.3. The highest BCUT2D eigenvalue weighted by atomic mass is 32.1. The molecule has 0 saturated heterocycles. The van der Waals surface area contributed by atoms with Gasteiger partial charge in [0.2, 0.25) is 5.91 Å². The molecule has 3 rings (SSSR count). The van der Waals surface area contributed by atoms with Gasteiger partial charge in [-0.2, -0.15) is 0 Å². The molecule has 0 radical (unpaired) electrons. The van der Waals surface area contributed by atoms with Crippen LogP contribution in [0.1, 0.15) is 28.1 Å². The zero-order valence-electron chi connectivity index (χ0n) is 11.6. The van der Waals surface area contributed by atoms with E-state index in [4.69, 9.17) is 0 Å². The largest absolute Gasteiger partial charge is 0.465 e. The fourth-order valence-corrected chi connectivity index (χ4v) is 3.20. The first-order valence-corrected chi connectivity index (χ1v) is 7.52. The summed E-state index contributed by atoms with van der Waals surface area (Å²) in [7, 11) is 1.34. The fourth-order valence-electron chi connectivity index (χ4n) is 2.38. The van der Waals surface area contributed by atoms with Crippen LogP contribution in [0.2, 0.25) is 0 Å². The van der Waals surface area contributed by atoms with E-state index in [-0.39, 0.29) is 11.9 Å². The van der Waals surface area contributed by atoms with Crippen LogP contribution < -0.4 is 5.32 Å². The van der Waals surface area contributed by atoms with Crippen LogP contribution in [-0.4, -0.2) is 19.0 Å². The van der Waals surface area contributed by atoms with Gasteiger partial charge in [0.1, 0.15) is 4.88 Å². The SMILES string of the molecule is COC(=O)c1ccc(NC(=O)C2(c3ccccc3)CC2)s1. The molecule has 1 aliphatic carbocycles. The van der Waals surface area contributed by atoms with Crippen molar-refractivity contribution in [3.63, 3.8) is 0 Å². The van der Waals surface area contributed by atoms with E-state index in [1.165, 1.54) is 18.4 Å². The van der Waals surface area contributed by atoms with Gasteiger partial charge in [0.25, 0.3) is 0 Å². The number of esters is 1. The van der Waals surface area contributed by atoms with E-state index in [9.17, 15) is 9.59 Å². The molecule has 1 aromatic carbocycles. The summed E-state index contributed by atoms with van der Waals surface area (Å²) in [4.78, 5) is 24.4. The van der Waals surface area contributed by atoms with Crippen molar-refractivity contribution in [1.82, 2.24) is 0 Å². The first kappa shape index (κ1) is 13.8. The van der Waals surface area contributed by atoms with Crippen molar-refractivity contribution in [2.24, 2.45) is 0 Å². The average molecular weight is 301 g/mol. The molecule has 1 aromatic heterocycles. The van der Waals surface area contributed by atoms with Gasteiger partial charge in [0, 0.05) is 0 Å². The van der Waals surface area contributed by atoms with E-state index in [0.29, 0.717) is 9.88 Å². The number of anilines is 1. The third kappa shape index (κ3) is 2.56. The Morgan fingerprint density at radius 3 is 2.48 bits per heavy atom. The number of amides is 1. The summed E-state index contributed by atoms with van der Waals surface area (Å²) < 4.78 is 4.66. The maximum absolute atomic E-state index is 12.5. The lowest BCUT2D eigenvalue weighted by Gasteiger charge is -2.14. The molecule has 0 unspecified atom stereocenters. The number of benzene rings is 1. The maximum atomic E-state index is 12.5. The predicted molar refractivity (Wildman–Crippen MR) is 81.6 cm³/mol. The van der Waals surface area contributed by atoms with Crippen LogP contribution in [0.3, 0.4) is 0 Å². The highest BCUT2D eigenvalue weighted by Gasteiger charge is 2.51. The summed E-state index contributed by atoms with van der Waals surface area (Å²) >= 11 is 1.23. The Morgan fingerprint density at radius 2 is 1.86 bits per heavy atom. The Kier molecular flexibility index (Phi) is 3.51. The molecule has 108 valence electrons. The van der Waals surface area contributed by atoms with Gasteiger partial charge in [0.15, 0.2) is 0 Å². The number of hydrogen-bond donors (Lipinski definition) is 1. The fraction of sp³-hybridized carbons (Fsp3) is 0.250. The van der Waals surface area contributed by atoms with E-state index >= 15 is 0 Å². The van der Waals surface area contributed by atoms with Gasteiger partial charge in [-0.05, 0) is 30.5 Å². The maximum Gasteiger partial charge on any atom is 0.348 e. The molecule has 4 nitrogen and oxygen atoms in total. The molecule has 2 aromatic rings. The second kappa shape index (κ2) is 5.33. The van der Waals surface area contributed by atoms with E-state index in [1.807, 2.05) is 30.3 Å². The molecule has 5 heteroatoms. The minimum absolute atomic E-state index is 0.00744. The highest BCUT2D eigenvalue weighted by molar-refractivity contribution is 7.18. The van der Waals surface area contributed by atoms with E-state index in [1.54, 1.807) is 12.1 Å². The molecule has 0 aliphatic heterocycles. The predicted octanol–water partition coefficient (Wildman–Crippen LogP) is 3.21. The van der Waals surface area contributed by atoms with Crippen molar-refractivity contribution >= 4 is 28.2 Å². The third-order valence-electron chi connectivity index (χ3n) is 3.74. The second-order valence-corrected chi connectivity index (χ2v) is 6.14. The standard InChI is InChI=1S/C16H15NO3S/c1-20-14(18)12-7-8-13(21-12)17-15(19)16(9-10-16)11-5-3-2-4-6-11/h2-8H,9-10H2,1H3,(H,17,19). The van der Waals surface area contributed by atoms with Crippen molar-refractivity contribution in [1.29, 1.82) is 0 Å². The minimum atomic E-state index is -0.406. The van der Waals surface area contributed by atoms with Gasteiger partial charge in [-0.3, -0.25) is 4.79 Å². The number of nitrogens with one attached hydrogen (secondary N) is 1. The number of carbonyl (C=O) groups is 2. The van der Waals surface area contributed by atoms with Crippen molar-refractivity contribution in [3.05, 3.63) is 52.9 Å². The van der Waals surface area contributed by atoms with Gasteiger partial charge in [0.05, 0.1) is 17.5 Å². The molecule has 1 amide bonds. The number of ether oxygens (including phenoxy) is 1. The Labute approximate surface area is 126 Å². The monoisotopic (exact) mass is 301 g/mol. The van der Waals surface area contributed by atoms with Crippen LogP contribution in [0, 0.1) is 0 Å². The number of hydrogen-bond acceptors (Lipinski definition) is 4. The Hall–Kier alpha value is -2.14. The summed E-state index contributed by atoms with van der Waals surface area (Å²) in [6.45, 7) is 0. The molecule has 0 bridgehead atoms. The molecule has 1 heterocycles. The van der Waals surface area contributed by atoms with Crippen molar-refractivity contribution in [2.45, 2.75) is 18.3 Å². The van der Waals surface area contributed by atoms with Crippen LogP contribution in [0.15, 0.2) is 42.5 Å². The quantitative estimate of drug-likeness (QED) is 0.882. The lowest BCUT2D eigenvalue weighted by atomic mass is 9.95. The summed E-state index contributed by atoms with van der Waals surface area (Å²) in [5.41, 5.74) is 0.642. The summed E-state index contributed by atoms with van der Waals surface area (Å²) in [6.07, 6.45) is 1.72. The summed E-state index contributed by atoms with van der Waals surface area (Å²) in [6, 6.07) is 13.2. The lowest BCUT2D eigenvalue weighted by Crippen LogP contribution is -2.27. The van der Waals surface area contributed by atoms with Crippen LogP contribution >= 0.6 is 11.3 Å². The number of carbonyl (C=O) groups excluding carboxylic acids is 2. The first-order valence-electron chi connectivity index (χ1n) is 6.71. The van der Waals surface area contributed by atoms with Gasteiger partial charge in [-0.15, -0.1) is 11.3 Å². The summed E-state index contributed by atoms with van der Waals surface area (Å²) in [5.74, 6) is -0.392. The molecule has 1 saturated carbocycles. The van der Waals surface area contributed by atoms with Crippen LogP contribution in [-0.2, 0) is 14.9 Å². The van der Waals surface area contributed by atoms with Crippen LogP contribution in [0.25, 0.3) is 0 Å². The Bertz CT molecular complexity index is 674. The molecule has 21 heavy (non-hydrogen) atoms. The lowest BCUT2D eigenvalue weighted by molar-refractivity contribution is -0.118. The molecule has 1 fully saturated rings. The molecular formula is C16H15NO3S. The highest BCUT2D eigenvalue weighted by Crippen LogP contribution is 2.49. The Balaban J connectivity index is 1.75. The van der Waals surface area contributed by atoms with E-state index in [0.717, 1.165) is 18.4 Å². The van der Waals surface area contributed by atoms with Crippen LogP contribution in [0.4, 0.5) is 5.00 Å². The molecule has 0 atom stereocenters. The Morgan fingerprint density at radius 1 is 1.14 bits per heavy atom. The van der Waals surface area contributed by atoms with E-state index < -0.39 is 5.41 Å². The van der Waals surface area contributed by atoms with Gasteiger partial charge in [-0.25, -0.2) is 4.79 Å². The topological polar surface area (TPSA) is 55.4 Å². The number of methoxy groups -OCH3 is 1. The smallest absolute Gasteiger partial charge is 0.348 e. The zero-order valence-corrected chi connectivity index (χ0v) is 12.4. The van der Waals surface area contributed by atoms with Gasteiger partial charge in [-0.1, -0.05) is 30.3 Å². The van der Waals surface area contributed by atoms with Crippen molar-refractivity contribution in [2.75, 3.05) is 12.4 Å². The number of thiophene rings is 1. The number of rotatable bonds is 4. The molecule has 1 aliphatic rings. The summed E-state index contributed by atoms with van der Waals surface area (Å²) in [5, 5.41) is 3.58. The first-order chi connectivity index (χ1) is 10.2. The van der Waals surface area contributed by atoms with Gasteiger partial charge >= 0.3 is 5.97 Å². The van der Waals surface area contributed by atoms with Crippen LogP contribution in [0.5, 0.6) is 0 Å². The third-order valence-corrected chi connectivity index (χ3v) is 4.72. The molecule has 1 N–H and O–H groups in total. The molecular weight excluding hydrogens is 286 g/mol. The second-order valence-electron chi connectivity index (χ2n) is 5.06. The molecule has 0 spiro atoms. The van der Waals surface area contributed by atoms with Gasteiger partial charge < -0.3 is 10.1 Å². The van der Waals surface area contributed by atoms with E-state index in [2.05, 4.69) is 10.1 Å². The van der Waals surface area contributed by atoms with Crippen molar-refractivity contribution < 1.29 is 14.3 Å².